The van der Waals surface area contributed by atoms with Gasteiger partial charge in [-0.25, -0.2) is 0 Å². The van der Waals surface area contributed by atoms with Crippen molar-refractivity contribution in [3.05, 3.63) is 60.8 Å². The number of hydrogen-bond donors (Lipinski definition) is 0. The number of fused-ring (bicyclic) bond motifs is 1. The number of nitrogens with zero attached hydrogens (tertiary/aromatic N) is 2. The highest BCUT2D eigenvalue weighted by Gasteiger charge is 2.23. The van der Waals surface area contributed by atoms with Gasteiger partial charge in [0.05, 0.1) is 5.52 Å². The smallest absolute Gasteiger partial charge is 0.286 e. The van der Waals surface area contributed by atoms with Crippen LogP contribution in [0.5, 0.6) is 5.75 Å². The lowest BCUT2D eigenvalue weighted by Crippen LogP contribution is -2.42. The zero-order chi connectivity index (χ0) is 18.6. The van der Waals surface area contributed by atoms with Gasteiger partial charge in [-0.2, -0.15) is 0 Å². The first-order valence-electron chi connectivity index (χ1n) is 9.09. The summed E-state index contributed by atoms with van der Waals surface area (Å²) in [6, 6.07) is 18.2. The standard InChI is InChI=1S/C22H20N2O3.ClH/c25-15-22(26)24-11-9-20(10-12-24)27-19-7-5-16(6-8-19)18-13-17-3-1-2-4-21(17)23-14-18;/h1-8,13-15,20H,9-12H2;1H. The Labute approximate surface area is 169 Å². The SMILES string of the molecule is Cl.O=CC(=O)N1CCC(Oc2ccc(-c3cnc4ccccc4c3)cc2)CC1. The number of aldehydes is 1. The van der Waals surface area contributed by atoms with Crippen LogP contribution < -0.4 is 4.74 Å². The van der Waals surface area contributed by atoms with Crippen molar-refractivity contribution in [1.82, 2.24) is 9.88 Å². The van der Waals surface area contributed by atoms with Gasteiger partial charge >= 0.3 is 0 Å². The van der Waals surface area contributed by atoms with E-state index in [-0.39, 0.29) is 18.5 Å². The Morgan fingerprint density at radius 1 is 1.04 bits per heavy atom. The maximum absolute atomic E-state index is 11.4. The van der Waals surface area contributed by atoms with Crippen LogP contribution >= 0.6 is 12.4 Å². The molecule has 1 amide bonds. The van der Waals surface area contributed by atoms with E-state index in [9.17, 15) is 9.59 Å². The number of likely N-dealkylation sites (tertiary alicyclic amines) is 1. The summed E-state index contributed by atoms with van der Waals surface area (Å²) in [5.74, 6) is 0.370. The zero-order valence-corrected chi connectivity index (χ0v) is 16.1. The first kappa shape index (κ1) is 19.8. The molecule has 0 unspecified atom stereocenters. The molecule has 4 rings (SSSR count). The lowest BCUT2D eigenvalue weighted by Gasteiger charge is -2.31. The molecule has 1 saturated heterocycles. The second-order valence-electron chi connectivity index (χ2n) is 6.70. The molecule has 1 aliphatic rings. The summed E-state index contributed by atoms with van der Waals surface area (Å²) in [7, 11) is 0. The van der Waals surface area contributed by atoms with E-state index in [0.717, 1.165) is 40.6 Å². The van der Waals surface area contributed by atoms with E-state index in [0.29, 0.717) is 19.4 Å². The number of pyridine rings is 1. The molecule has 5 nitrogen and oxygen atoms in total. The predicted octanol–water partition coefficient (Wildman–Crippen LogP) is 3.89. The number of ether oxygens (including phenoxy) is 1. The highest BCUT2D eigenvalue weighted by Crippen LogP contribution is 2.26. The number of aromatic nitrogens is 1. The van der Waals surface area contributed by atoms with Gasteiger partial charge in [0.25, 0.3) is 5.91 Å². The second-order valence-corrected chi connectivity index (χ2v) is 6.70. The van der Waals surface area contributed by atoms with Crippen molar-refractivity contribution in [2.24, 2.45) is 0 Å². The van der Waals surface area contributed by atoms with Gasteiger partial charge < -0.3 is 9.64 Å². The van der Waals surface area contributed by atoms with Gasteiger partial charge in [0.15, 0.2) is 0 Å². The van der Waals surface area contributed by atoms with Gasteiger partial charge in [-0.1, -0.05) is 30.3 Å². The molecule has 2 heterocycles. The number of halogens is 1. The molecule has 6 heteroatoms. The van der Waals surface area contributed by atoms with Crippen LogP contribution in [0.15, 0.2) is 60.8 Å². The van der Waals surface area contributed by atoms with Crippen molar-refractivity contribution in [1.29, 1.82) is 0 Å². The minimum Gasteiger partial charge on any atom is -0.490 e. The third kappa shape index (κ3) is 4.31. The fourth-order valence-electron chi connectivity index (χ4n) is 3.42. The third-order valence-electron chi connectivity index (χ3n) is 4.94. The summed E-state index contributed by atoms with van der Waals surface area (Å²) < 4.78 is 6.04. The molecule has 1 fully saturated rings. The van der Waals surface area contributed by atoms with E-state index in [2.05, 4.69) is 17.1 Å². The molecule has 0 bridgehead atoms. The number of para-hydroxylation sites is 1. The lowest BCUT2D eigenvalue weighted by molar-refractivity contribution is -0.140. The van der Waals surface area contributed by atoms with E-state index in [1.54, 1.807) is 4.90 Å². The van der Waals surface area contributed by atoms with Crippen LogP contribution in [-0.4, -0.2) is 41.3 Å². The Bertz CT molecular complexity index is 967. The Kier molecular flexibility index (Phi) is 6.26. The number of piperidine rings is 1. The molecule has 144 valence electrons. The molecular weight excluding hydrogens is 376 g/mol. The minimum atomic E-state index is -0.443. The molecule has 0 saturated carbocycles. The van der Waals surface area contributed by atoms with Crippen LogP contribution in [-0.2, 0) is 9.59 Å². The van der Waals surface area contributed by atoms with Crippen molar-refractivity contribution in [2.45, 2.75) is 18.9 Å². The highest BCUT2D eigenvalue weighted by molar-refractivity contribution is 6.23. The topological polar surface area (TPSA) is 59.5 Å². The average molecular weight is 397 g/mol. The molecule has 0 atom stereocenters. The second kappa shape index (κ2) is 8.85. The Morgan fingerprint density at radius 3 is 2.46 bits per heavy atom. The van der Waals surface area contributed by atoms with Crippen molar-refractivity contribution < 1.29 is 14.3 Å². The number of carbonyl (C=O) groups excluding carboxylic acids is 2. The Hall–Kier alpha value is -2.92. The van der Waals surface area contributed by atoms with E-state index in [1.165, 1.54) is 0 Å². The number of benzene rings is 2. The molecule has 0 spiro atoms. The fourth-order valence-corrected chi connectivity index (χ4v) is 3.42. The van der Waals surface area contributed by atoms with Gasteiger partial charge in [0, 0.05) is 43.1 Å². The first-order chi connectivity index (χ1) is 13.2. The molecular formula is C22H21ClN2O3. The predicted molar refractivity (Wildman–Crippen MR) is 111 cm³/mol. The third-order valence-corrected chi connectivity index (χ3v) is 4.94. The van der Waals surface area contributed by atoms with Crippen LogP contribution in [0.1, 0.15) is 12.8 Å². The van der Waals surface area contributed by atoms with E-state index in [1.807, 2.05) is 48.7 Å². The van der Waals surface area contributed by atoms with Crippen LogP contribution in [0.25, 0.3) is 22.0 Å². The fraction of sp³-hybridized carbons (Fsp3) is 0.227. The van der Waals surface area contributed by atoms with Gasteiger partial charge in [-0.15, -0.1) is 12.4 Å². The lowest BCUT2D eigenvalue weighted by atomic mass is 10.0. The number of hydrogen-bond acceptors (Lipinski definition) is 4. The number of rotatable bonds is 4. The summed E-state index contributed by atoms with van der Waals surface area (Å²) in [5, 5.41) is 1.12. The molecule has 3 aromatic rings. The Balaban J connectivity index is 0.00000225. The van der Waals surface area contributed by atoms with Crippen LogP contribution in [0.4, 0.5) is 0 Å². The summed E-state index contributed by atoms with van der Waals surface area (Å²) in [6.07, 6.45) is 3.79. The van der Waals surface area contributed by atoms with E-state index < -0.39 is 5.91 Å². The van der Waals surface area contributed by atoms with Gasteiger partial charge in [0.2, 0.25) is 6.29 Å². The first-order valence-corrected chi connectivity index (χ1v) is 9.09. The molecule has 1 aromatic heterocycles. The van der Waals surface area contributed by atoms with Crippen LogP contribution in [0, 0.1) is 0 Å². The summed E-state index contributed by atoms with van der Waals surface area (Å²) in [4.78, 5) is 28.1. The van der Waals surface area contributed by atoms with E-state index in [4.69, 9.17) is 4.74 Å². The molecule has 1 aliphatic heterocycles. The van der Waals surface area contributed by atoms with Crippen LogP contribution in [0.2, 0.25) is 0 Å². The molecule has 0 N–H and O–H groups in total. The summed E-state index contributed by atoms with van der Waals surface area (Å²) >= 11 is 0. The molecule has 2 aromatic carbocycles. The largest absolute Gasteiger partial charge is 0.490 e. The summed E-state index contributed by atoms with van der Waals surface area (Å²) in [6.45, 7) is 1.12. The van der Waals surface area contributed by atoms with Crippen molar-refractivity contribution in [3.8, 4) is 16.9 Å². The minimum absolute atomic E-state index is 0. The monoisotopic (exact) mass is 396 g/mol. The number of carbonyl (C=O) groups is 2. The Morgan fingerprint density at radius 2 is 1.75 bits per heavy atom. The zero-order valence-electron chi connectivity index (χ0n) is 15.3. The van der Waals surface area contributed by atoms with Gasteiger partial charge in [0.1, 0.15) is 11.9 Å². The maximum atomic E-state index is 11.4. The normalized spacial score (nSPS) is 14.4. The molecule has 28 heavy (non-hydrogen) atoms. The molecule has 0 radical (unpaired) electrons. The van der Waals surface area contributed by atoms with Crippen molar-refractivity contribution in [2.75, 3.05) is 13.1 Å². The number of amides is 1. The molecule has 0 aliphatic carbocycles. The summed E-state index contributed by atoms with van der Waals surface area (Å²) in [5.41, 5.74) is 3.15. The van der Waals surface area contributed by atoms with Crippen LogP contribution in [0.3, 0.4) is 0 Å². The van der Waals surface area contributed by atoms with Gasteiger partial charge in [-0.05, 0) is 29.8 Å². The van der Waals surface area contributed by atoms with Gasteiger partial charge in [-0.3, -0.25) is 14.6 Å². The van der Waals surface area contributed by atoms with E-state index >= 15 is 0 Å². The average Bonchev–Trinajstić information content (AvgIpc) is 2.74. The van der Waals surface area contributed by atoms with Crippen molar-refractivity contribution >= 4 is 35.5 Å². The van der Waals surface area contributed by atoms with Crippen molar-refractivity contribution in [3.63, 3.8) is 0 Å². The quantitative estimate of drug-likeness (QED) is 0.496. The highest BCUT2D eigenvalue weighted by atomic mass is 35.5. The maximum Gasteiger partial charge on any atom is 0.286 e.